The molecule has 0 radical (unpaired) electrons. The molecule has 11 heavy (non-hydrogen) atoms. The van der Waals surface area contributed by atoms with Crippen LogP contribution in [0.5, 0.6) is 0 Å². The van der Waals surface area contributed by atoms with Gasteiger partial charge in [-0.2, -0.15) is 4.57 Å². The minimum Gasteiger partial charge on any atom is -0.544 e. The van der Waals surface area contributed by atoms with Crippen LogP contribution in [0.15, 0.2) is 10.9 Å². The van der Waals surface area contributed by atoms with Gasteiger partial charge in [-0.25, -0.2) is 0 Å². The summed E-state index contributed by atoms with van der Waals surface area (Å²) in [5, 5.41) is 12.0. The Bertz CT molecular complexity index is 246. The quantitative estimate of drug-likeness (QED) is 0.501. The Kier molecular flexibility index (Phi) is 3.70. The summed E-state index contributed by atoms with van der Waals surface area (Å²) in [4.78, 5) is 10.1. The van der Waals surface area contributed by atoms with E-state index in [1.807, 2.05) is 12.3 Å². The first-order chi connectivity index (χ1) is 4.70. The summed E-state index contributed by atoms with van der Waals surface area (Å²) in [5.41, 5.74) is 2.71. The van der Waals surface area contributed by atoms with Crippen LogP contribution in [0.4, 0.5) is 0 Å². The summed E-state index contributed by atoms with van der Waals surface area (Å²) in [6.07, 6.45) is 0. The highest BCUT2D eigenvalue weighted by Crippen LogP contribution is 1.95. The lowest BCUT2D eigenvalue weighted by molar-refractivity contribution is -0.691. The zero-order chi connectivity index (χ0) is 7.56. The van der Waals surface area contributed by atoms with Crippen LogP contribution in [0.25, 0.3) is 0 Å². The summed E-state index contributed by atoms with van der Waals surface area (Å²) in [6, 6.07) is 0. The van der Waals surface area contributed by atoms with Crippen molar-refractivity contribution in [3.63, 3.8) is 0 Å². The number of hydrogen-bond donors (Lipinski definition) is 0. The van der Waals surface area contributed by atoms with E-state index >= 15 is 0 Å². The summed E-state index contributed by atoms with van der Waals surface area (Å²) >= 11 is 1.48. The molecule has 1 rings (SSSR count). The average molecular weight is 175 g/mol. The summed E-state index contributed by atoms with van der Waals surface area (Å²) < 4.78 is 1.64. The summed E-state index contributed by atoms with van der Waals surface area (Å²) in [5.74, 6) is -1.05. The van der Waals surface area contributed by atoms with Crippen LogP contribution in [-0.4, -0.2) is 11.4 Å². The molecule has 1 heterocycles. The normalized spacial score (nSPS) is 8.82. The number of aryl methyl sites for hydroxylation is 1. The minimum atomic E-state index is -1.05. The third kappa shape index (κ3) is 2.65. The van der Waals surface area contributed by atoms with Gasteiger partial charge in [-0.1, -0.05) is 11.3 Å². The van der Waals surface area contributed by atoms with Crippen molar-refractivity contribution in [3.8, 4) is 0 Å². The molecule has 0 aliphatic carbocycles. The SMILES string of the molecule is Cc1csc[n+]1CC(=O)[O-].O. The Labute approximate surface area is 68.0 Å². The Hall–Kier alpha value is -0.940. The van der Waals surface area contributed by atoms with Gasteiger partial charge in [-0.15, -0.1) is 0 Å². The lowest BCUT2D eigenvalue weighted by Crippen LogP contribution is -2.44. The Balaban J connectivity index is 0.000001000. The number of carboxylic acids is 1. The smallest absolute Gasteiger partial charge is 0.225 e. The van der Waals surface area contributed by atoms with Crippen molar-refractivity contribution in [1.82, 2.24) is 0 Å². The van der Waals surface area contributed by atoms with E-state index in [2.05, 4.69) is 0 Å². The predicted octanol–water partition coefficient (Wildman–Crippen LogP) is -1.73. The number of aliphatic carboxylic acids is 1. The van der Waals surface area contributed by atoms with E-state index in [1.165, 1.54) is 11.3 Å². The molecule has 0 fully saturated rings. The third-order valence-electron chi connectivity index (χ3n) is 1.18. The van der Waals surface area contributed by atoms with Crippen LogP contribution in [-0.2, 0) is 11.3 Å². The molecule has 0 bridgehead atoms. The van der Waals surface area contributed by atoms with Crippen molar-refractivity contribution >= 4 is 17.3 Å². The van der Waals surface area contributed by atoms with Gasteiger partial charge in [0, 0.05) is 6.92 Å². The standard InChI is InChI=1S/C6H7NO2S.H2O/c1-5-3-10-4-7(5)2-6(8)9;/h3-4H,2H2,1H3;1H2. The number of aromatic nitrogens is 1. The first-order valence-corrected chi connectivity index (χ1v) is 3.76. The van der Waals surface area contributed by atoms with Gasteiger partial charge in [0.2, 0.25) is 5.51 Å². The van der Waals surface area contributed by atoms with Gasteiger partial charge in [-0.05, 0) is 0 Å². The van der Waals surface area contributed by atoms with Gasteiger partial charge in [0.05, 0.1) is 5.38 Å². The molecular formula is C6H9NO3S. The lowest BCUT2D eigenvalue weighted by Gasteiger charge is -1.94. The molecule has 0 atom stereocenters. The fourth-order valence-electron chi connectivity index (χ4n) is 0.654. The number of carboxylic acid groups (broad SMARTS) is 1. The lowest BCUT2D eigenvalue weighted by atomic mass is 10.5. The van der Waals surface area contributed by atoms with Crippen molar-refractivity contribution in [2.24, 2.45) is 0 Å². The summed E-state index contributed by atoms with van der Waals surface area (Å²) in [7, 11) is 0. The van der Waals surface area contributed by atoms with Crippen LogP contribution < -0.4 is 9.67 Å². The molecule has 0 amide bonds. The maximum Gasteiger partial charge on any atom is 0.225 e. The number of hydrogen-bond acceptors (Lipinski definition) is 3. The van der Waals surface area contributed by atoms with Crippen molar-refractivity contribution < 1.29 is 19.9 Å². The van der Waals surface area contributed by atoms with Gasteiger partial charge in [0.1, 0.15) is 5.97 Å². The van der Waals surface area contributed by atoms with Crippen LogP contribution in [0, 0.1) is 6.92 Å². The van der Waals surface area contributed by atoms with E-state index in [1.54, 1.807) is 10.1 Å². The number of carbonyl (C=O) groups is 1. The second-order valence-electron chi connectivity index (χ2n) is 2.00. The maximum atomic E-state index is 10.1. The van der Waals surface area contributed by atoms with Crippen molar-refractivity contribution in [2.75, 3.05) is 0 Å². The van der Waals surface area contributed by atoms with E-state index in [9.17, 15) is 9.90 Å². The minimum absolute atomic E-state index is 0. The second kappa shape index (κ2) is 4.05. The van der Waals surface area contributed by atoms with E-state index in [-0.39, 0.29) is 12.0 Å². The van der Waals surface area contributed by atoms with E-state index in [4.69, 9.17) is 0 Å². The Morgan fingerprint density at radius 1 is 1.82 bits per heavy atom. The van der Waals surface area contributed by atoms with Crippen LogP contribution in [0.2, 0.25) is 0 Å². The van der Waals surface area contributed by atoms with Gasteiger partial charge in [0.15, 0.2) is 12.2 Å². The number of nitrogens with zero attached hydrogens (tertiary/aromatic N) is 1. The monoisotopic (exact) mass is 175 g/mol. The first-order valence-electron chi connectivity index (χ1n) is 2.82. The van der Waals surface area contributed by atoms with Gasteiger partial charge < -0.3 is 15.4 Å². The van der Waals surface area contributed by atoms with Crippen LogP contribution >= 0.6 is 11.3 Å². The van der Waals surface area contributed by atoms with Crippen LogP contribution in [0.3, 0.4) is 0 Å². The molecule has 0 saturated heterocycles. The molecule has 2 N–H and O–H groups in total. The van der Waals surface area contributed by atoms with E-state index < -0.39 is 5.97 Å². The molecule has 62 valence electrons. The highest BCUT2D eigenvalue weighted by atomic mass is 32.1. The fourth-order valence-corrected chi connectivity index (χ4v) is 1.44. The van der Waals surface area contributed by atoms with Gasteiger partial charge >= 0.3 is 0 Å². The molecule has 4 nitrogen and oxygen atoms in total. The van der Waals surface area contributed by atoms with Crippen molar-refractivity contribution in [2.45, 2.75) is 13.5 Å². The third-order valence-corrected chi connectivity index (χ3v) is 2.03. The molecule has 0 aliphatic rings. The molecule has 0 aliphatic heterocycles. The molecule has 1 aromatic rings. The molecule has 0 spiro atoms. The van der Waals surface area contributed by atoms with Crippen LogP contribution in [0.1, 0.15) is 5.69 Å². The average Bonchev–Trinajstić information content (AvgIpc) is 2.15. The zero-order valence-corrected chi connectivity index (χ0v) is 6.85. The highest BCUT2D eigenvalue weighted by molar-refractivity contribution is 7.07. The molecule has 1 aromatic heterocycles. The molecule has 5 heteroatoms. The fraction of sp³-hybridized carbons (Fsp3) is 0.333. The Morgan fingerprint density at radius 3 is 2.82 bits per heavy atom. The number of rotatable bonds is 2. The number of carbonyl (C=O) groups excluding carboxylic acids is 1. The van der Waals surface area contributed by atoms with Gasteiger partial charge in [-0.3, -0.25) is 0 Å². The van der Waals surface area contributed by atoms with Gasteiger partial charge in [0.25, 0.3) is 0 Å². The number of thiazole rings is 1. The van der Waals surface area contributed by atoms with Crippen molar-refractivity contribution in [3.05, 3.63) is 16.6 Å². The molecule has 0 saturated carbocycles. The highest BCUT2D eigenvalue weighted by Gasteiger charge is 2.05. The molecule has 0 unspecified atom stereocenters. The molecular weight excluding hydrogens is 166 g/mol. The van der Waals surface area contributed by atoms with E-state index in [0.29, 0.717) is 0 Å². The first kappa shape index (κ1) is 10.1. The second-order valence-corrected chi connectivity index (χ2v) is 2.72. The Morgan fingerprint density at radius 2 is 2.45 bits per heavy atom. The topological polar surface area (TPSA) is 75.5 Å². The van der Waals surface area contributed by atoms with Crippen molar-refractivity contribution in [1.29, 1.82) is 0 Å². The predicted molar refractivity (Wildman–Crippen MR) is 37.9 cm³/mol. The van der Waals surface area contributed by atoms with E-state index in [0.717, 1.165) is 5.69 Å². The molecule has 0 aromatic carbocycles. The largest absolute Gasteiger partial charge is 0.544 e. The summed E-state index contributed by atoms with van der Waals surface area (Å²) in [6.45, 7) is 1.81. The maximum absolute atomic E-state index is 10.1. The zero-order valence-electron chi connectivity index (χ0n) is 6.03.